The molecule has 0 bridgehead atoms. The van der Waals surface area contributed by atoms with Gasteiger partial charge in [-0.15, -0.1) is 11.3 Å². The Labute approximate surface area is 164 Å². The zero-order valence-corrected chi connectivity index (χ0v) is 17.1. The topological polar surface area (TPSA) is 63.7 Å². The van der Waals surface area contributed by atoms with Gasteiger partial charge in [0.05, 0.1) is 24.7 Å². The van der Waals surface area contributed by atoms with Crippen LogP contribution in [0, 0.1) is 0 Å². The molecule has 2 aromatic rings. The fourth-order valence-corrected chi connectivity index (χ4v) is 5.59. The van der Waals surface area contributed by atoms with E-state index in [0.717, 1.165) is 23.5 Å². The normalized spacial score (nSPS) is 18.3. The van der Waals surface area contributed by atoms with E-state index in [1.54, 1.807) is 40.5 Å². The van der Waals surface area contributed by atoms with Gasteiger partial charge >= 0.3 is 0 Å². The van der Waals surface area contributed by atoms with Gasteiger partial charge in [-0.2, -0.15) is 0 Å². The zero-order chi connectivity index (χ0) is 19.3. The Balaban J connectivity index is 1.76. The lowest BCUT2D eigenvalue weighted by molar-refractivity contribution is 0.0683. The Bertz CT molecular complexity index is 845. The fourth-order valence-electron chi connectivity index (χ4n) is 3.15. The van der Waals surface area contributed by atoms with E-state index in [1.165, 1.54) is 0 Å². The van der Waals surface area contributed by atoms with E-state index in [4.69, 9.17) is 4.74 Å². The highest BCUT2D eigenvalue weighted by molar-refractivity contribution is 7.91. The minimum Gasteiger partial charge on any atom is -0.494 e. The molecular formula is C20H25NO4S2. The number of carbonyl (C=O) groups is 1. The molecule has 0 unspecified atom stereocenters. The van der Waals surface area contributed by atoms with Crippen LogP contribution in [0.5, 0.6) is 5.75 Å². The number of carbonyl (C=O) groups excluding carboxylic acids is 1. The lowest BCUT2D eigenvalue weighted by Crippen LogP contribution is -2.40. The summed E-state index contributed by atoms with van der Waals surface area (Å²) in [5.41, 5.74) is 0.554. The van der Waals surface area contributed by atoms with Crippen molar-refractivity contribution in [2.75, 3.05) is 18.1 Å². The summed E-state index contributed by atoms with van der Waals surface area (Å²) < 4.78 is 29.5. The van der Waals surface area contributed by atoms with Crippen LogP contribution in [0.1, 0.15) is 41.4 Å². The van der Waals surface area contributed by atoms with Gasteiger partial charge in [-0.25, -0.2) is 8.42 Å². The number of rotatable bonds is 8. The third-order valence-electron chi connectivity index (χ3n) is 4.68. The highest BCUT2D eigenvalue weighted by atomic mass is 32.2. The van der Waals surface area contributed by atoms with E-state index < -0.39 is 9.84 Å². The summed E-state index contributed by atoms with van der Waals surface area (Å²) >= 11 is 1.57. The van der Waals surface area contributed by atoms with Crippen LogP contribution in [0.3, 0.4) is 0 Å². The molecule has 0 radical (unpaired) electrons. The zero-order valence-electron chi connectivity index (χ0n) is 15.5. The summed E-state index contributed by atoms with van der Waals surface area (Å²) in [6.07, 6.45) is 2.56. The lowest BCUT2D eigenvalue weighted by Gasteiger charge is -2.28. The summed E-state index contributed by atoms with van der Waals surface area (Å²) in [6.45, 7) is 3.20. The van der Waals surface area contributed by atoms with E-state index in [2.05, 4.69) is 6.92 Å². The number of hydrogen-bond acceptors (Lipinski definition) is 5. The van der Waals surface area contributed by atoms with Crippen molar-refractivity contribution in [1.29, 1.82) is 0 Å². The maximum atomic E-state index is 13.1. The summed E-state index contributed by atoms with van der Waals surface area (Å²) in [5.74, 6) is 0.803. The van der Waals surface area contributed by atoms with Gasteiger partial charge in [-0.1, -0.05) is 19.4 Å². The molecule has 146 valence electrons. The molecular weight excluding hydrogens is 382 g/mol. The lowest BCUT2D eigenvalue weighted by atomic mass is 10.1. The molecule has 1 aromatic carbocycles. The molecule has 0 aliphatic carbocycles. The first-order valence-electron chi connectivity index (χ1n) is 9.25. The maximum absolute atomic E-state index is 13.1. The van der Waals surface area contributed by atoms with Gasteiger partial charge in [-0.05, 0) is 48.6 Å². The van der Waals surface area contributed by atoms with Crippen LogP contribution in [-0.4, -0.2) is 43.4 Å². The first-order valence-corrected chi connectivity index (χ1v) is 12.0. The van der Waals surface area contributed by atoms with E-state index in [-0.39, 0.29) is 23.5 Å². The largest absolute Gasteiger partial charge is 0.494 e. The van der Waals surface area contributed by atoms with Gasteiger partial charge in [0, 0.05) is 16.5 Å². The molecule has 27 heavy (non-hydrogen) atoms. The van der Waals surface area contributed by atoms with Crippen LogP contribution in [0.25, 0.3) is 0 Å². The molecule has 0 saturated carbocycles. The van der Waals surface area contributed by atoms with Crippen molar-refractivity contribution in [3.63, 3.8) is 0 Å². The molecule has 1 aromatic heterocycles. The Morgan fingerprint density at radius 3 is 2.63 bits per heavy atom. The number of ether oxygens (including phenoxy) is 1. The third kappa shape index (κ3) is 5.32. The molecule has 0 N–H and O–H groups in total. The molecule has 3 rings (SSSR count). The molecule has 1 aliphatic rings. The van der Waals surface area contributed by atoms with E-state index in [0.29, 0.717) is 25.1 Å². The Morgan fingerprint density at radius 2 is 2.04 bits per heavy atom. The quantitative estimate of drug-likeness (QED) is 0.625. The predicted molar refractivity (Wildman–Crippen MR) is 108 cm³/mol. The van der Waals surface area contributed by atoms with Crippen LogP contribution >= 0.6 is 11.3 Å². The second-order valence-electron chi connectivity index (χ2n) is 6.80. The van der Waals surface area contributed by atoms with Gasteiger partial charge in [-0.3, -0.25) is 4.79 Å². The molecule has 1 atom stereocenters. The van der Waals surface area contributed by atoms with Crippen LogP contribution < -0.4 is 4.74 Å². The van der Waals surface area contributed by atoms with Crippen molar-refractivity contribution in [3.05, 3.63) is 52.2 Å². The van der Waals surface area contributed by atoms with E-state index in [1.807, 2.05) is 17.5 Å². The highest BCUT2D eigenvalue weighted by Gasteiger charge is 2.35. The van der Waals surface area contributed by atoms with Crippen LogP contribution in [-0.2, 0) is 16.4 Å². The van der Waals surface area contributed by atoms with Crippen molar-refractivity contribution in [3.8, 4) is 5.75 Å². The van der Waals surface area contributed by atoms with Gasteiger partial charge in [0.2, 0.25) is 0 Å². The third-order valence-corrected chi connectivity index (χ3v) is 7.30. The SMILES string of the molecule is CCCCOc1ccc(C(=O)N(Cc2cccs2)[C@@H]2CCS(=O)(=O)C2)cc1. The van der Waals surface area contributed by atoms with Crippen LogP contribution in [0.2, 0.25) is 0 Å². The number of sulfone groups is 1. The van der Waals surface area contributed by atoms with Gasteiger partial charge in [0.1, 0.15) is 5.75 Å². The Morgan fingerprint density at radius 1 is 1.26 bits per heavy atom. The van der Waals surface area contributed by atoms with Crippen LogP contribution in [0.15, 0.2) is 41.8 Å². The molecule has 1 fully saturated rings. The molecule has 7 heteroatoms. The van der Waals surface area contributed by atoms with Gasteiger partial charge in [0.15, 0.2) is 9.84 Å². The first kappa shape index (κ1) is 19.9. The average Bonchev–Trinajstić information content (AvgIpc) is 3.29. The minimum atomic E-state index is -3.07. The molecule has 1 amide bonds. The molecule has 5 nitrogen and oxygen atoms in total. The van der Waals surface area contributed by atoms with Crippen molar-refractivity contribution >= 4 is 27.1 Å². The van der Waals surface area contributed by atoms with Gasteiger partial charge < -0.3 is 9.64 Å². The Hall–Kier alpha value is -1.86. The highest BCUT2D eigenvalue weighted by Crippen LogP contribution is 2.24. The smallest absolute Gasteiger partial charge is 0.254 e. The number of unbranched alkanes of at least 4 members (excludes halogenated alkanes) is 1. The molecule has 1 aliphatic heterocycles. The van der Waals surface area contributed by atoms with Crippen molar-refractivity contribution < 1.29 is 17.9 Å². The minimum absolute atomic E-state index is 0.0440. The number of nitrogens with zero attached hydrogens (tertiary/aromatic N) is 1. The van der Waals surface area contributed by atoms with Crippen molar-refractivity contribution in [1.82, 2.24) is 4.90 Å². The molecule has 2 heterocycles. The van der Waals surface area contributed by atoms with Gasteiger partial charge in [0.25, 0.3) is 5.91 Å². The number of hydrogen-bond donors (Lipinski definition) is 0. The Kier molecular flexibility index (Phi) is 6.55. The van der Waals surface area contributed by atoms with E-state index >= 15 is 0 Å². The maximum Gasteiger partial charge on any atom is 0.254 e. The summed E-state index contributed by atoms with van der Waals surface area (Å²) in [7, 11) is -3.07. The fraction of sp³-hybridized carbons (Fsp3) is 0.450. The van der Waals surface area contributed by atoms with E-state index in [9.17, 15) is 13.2 Å². The number of amides is 1. The first-order chi connectivity index (χ1) is 13.0. The second-order valence-corrected chi connectivity index (χ2v) is 10.1. The van der Waals surface area contributed by atoms with Crippen molar-refractivity contribution in [2.24, 2.45) is 0 Å². The predicted octanol–water partition coefficient (Wildman–Crippen LogP) is 3.76. The number of benzene rings is 1. The summed E-state index contributed by atoms with van der Waals surface area (Å²) in [4.78, 5) is 15.9. The van der Waals surface area contributed by atoms with Crippen LogP contribution in [0.4, 0.5) is 0 Å². The molecule has 0 spiro atoms. The summed E-state index contributed by atoms with van der Waals surface area (Å²) in [6, 6.07) is 10.8. The van der Waals surface area contributed by atoms with Crippen molar-refractivity contribution in [2.45, 2.75) is 38.8 Å². The summed E-state index contributed by atoms with van der Waals surface area (Å²) in [5, 5.41) is 1.96. The average molecular weight is 408 g/mol. The standard InChI is InChI=1S/C20H25NO4S2/c1-2-3-11-25-18-8-6-16(7-9-18)20(22)21(14-19-5-4-12-26-19)17-10-13-27(23,24)15-17/h4-9,12,17H,2-3,10-11,13-15H2,1H3/t17-/m1/s1. The number of thiophene rings is 1. The monoisotopic (exact) mass is 407 g/mol. The molecule has 1 saturated heterocycles. The second kappa shape index (κ2) is 8.89.